The highest BCUT2D eigenvalue weighted by atomic mass is 35.5. The van der Waals surface area contributed by atoms with Gasteiger partial charge in [-0.05, 0) is 55.0 Å². The number of hydrogen-bond acceptors (Lipinski definition) is 2. The van der Waals surface area contributed by atoms with Gasteiger partial charge in [0.15, 0.2) is 0 Å². The number of hydrogen-bond donors (Lipinski definition) is 0. The highest BCUT2D eigenvalue weighted by molar-refractivity contribution is 6.31. The number of halogens is 1. The summed E-state index contributed by atoms with van der Waals surface area (Å²) in [6.07, 6.45) is 3.13. The summed E-state index contributed by atoms with van der Waals surface area (Å²) in [4.78, 5) is 20.4. The molecule has 4 aromatic rings. The van der Waals surface area contributed by atoms with E-state index in [9.17, 15) is 4.79 Å². The Morgan fingerprint density at radius 1 is 0.906 bits per heavy atom. The molecular weight excluding hydrogens is 416 g/mol. The number of nitrogens with zero attached hydrogens (tertiary/aromatic N) is 2. The maximum absolute atomic E-state index is 13.6. The summed E-state index contributed by atoms with van der Waals surface area (Å²) in [5, 5.41) is 1.43. The van der Waals surface area contributed by atoms with Crippen LogP contribution in [0.2, 0.25) is 5.02 Å². The number of carbonyl (C=O) groups is 1. The molecule has 2 heterocycles. The molecule has 1 amide bonds. The number of carbonyl (C=O) groups excluding carboxylic acids is 1. The van der Waals surface area contributed by atoms with Gasteiger partial charge in [-0.1, -0.05) is 72.3 Å². The molecule has 4 heteroatoms. The third kappa shape index (κ3) is 4.39. The Bertz CT molecular complexity index is 1230. The summed E-state index contributed by atoms with van der Waals surface area (Å²) in [7, 11) is 0. The lowest BCUT2D eigenvalue weighted by atomic mass is 9.90. The van der Waals surface area contributed by atoms with Crippen LogP contribution in [-0.2, 0) is 6.42 Å². The molecule has 5 rings (SSSR count). The van der Waals surface area contributed by atoms with Crippen LogP contribution in [0.15, 0.2) is 84.9 Å². The van der Waals surface area contributed by atoms with Crippen molar-refractivity contribution in [1.29, 1.82) is 0 Å². The van der Waals surface area contributed by atoms with Crippen molar-refractivity contribution in [1.82, 2.24) is 9.88 Å². The Morgan fingerprint density at radius 2 is 1.59 bits per heavy atom. The normalized spacial score (nSPS) is 14.6. The van der Waals surface area contributed by atoms with E-state index in [1.807, 2.05) is 59.5 Å². The Kier molecular flexibility index (Phi) is 5.91. The van der Waals surface area contributed by atoms with Gasteiger partial charge in [-0.25, -0.2) is 4.98 Å². The van der Waals surface area contributed by atoms with Crippen molar-refractivity contribution in [3.63, 3.8) is 0 Å². The lowest BCUT2D eigenvalue weighted by Gasteiger charge is -2.32. The second-order valence-electron chi connectivity index (χ2n) is 8.51. The van der Waals surface area contributed by atoms with Crippen LogP contribution < -0.4 is 0 Å². The van der Waals surface area contributed by atoms with E-state index in [1.54, 1.807) is 0 Å². The topological polar surface area (TPSA) is 33.2 Å². The van der Waals surface area contributed by atoms with Gasteiger partial charge < -0.3 is 4.90 Å². The second-order valence-corrected chi connectivity index (χ2v) is 8.94. The minimum Gasteiger partial charge on any atom is -0.339 e. The lowest BCUT2D eigenvalue weighted by molar-refractivity contribution is 0.0692. The van der Waals surface area contributed by atoms with Crippen molar-refractivity contribution in [3.05, 3.63) is 101 Å². The van der Waals surface area contributed by atoms with Gasteiger partial charge in [-0.3, -0.25) is 4.79 Å². The summed E-state index contributed by atoms with van der Waals surface area (Å²) in [5.41, 5.74) is 4.65. The molecule has 0 unspecified atom stereocenters. The van der Waals surface area contributed by atoms with Crippen molar-refractivity contribution >= 4 is 28.4 Å². The SMILES string of the molecule is O=C(c1cc(-c2ccccc2)nc2ccc(Cl)cc12)N1CCC(Cc2ccccc2)CC1. The van der Waals surface area contributed by atoms with Crippen LogP contribution in [-0.4, -0.2) is 28.9 Å². The predicted octanol–water partition coefficient (Wildman–Crippen LogP) is 6.65. The van der Waals surface area contributed by atoms with Crippen LogP contribution in [0.3, 0.4) is 0 Å². The monoisotopic (exact) mass is 440 g/mol. The number of amides is 1. The molecule has 1 aromatic heterocycles. The van der Waals surface area contributed by atoms with Crippen molar-refractivity contribution in [3.8, 4) is 11.3 Å². The summed E-state index contributed by atoms with van der Waals surface area (Å²) in [6.45, 7) is 1.56. The molecule has 0 bridgehead atoms. The average molecular weight is 441 g/mol. The lowest BCUT2D eigenvalue weighted by Crippen LogP contribution is -2.39. The molecule has 0 radical (unpaired) electrons. The fourth-order valence-electron chi connectivity index (χ4n) is 4.59. The summed E-state index contributed by atoms with van der Waals surface area (Å²) < 4.78 is 0. The van der Waals surface area contributed by atoms with Crippen LogP contribution >= 0.6 is 11.6 Å². The largest absolute Gasteiger partial charge is 0.339 e. The minimum atomic E-state index is 0.0648. The molecule has 32 heavy (non-hydrogen) atoms. The van der Waals surface area contributed by atoms with E-state index < -0.39 is 0 Å². The minimum absolute atomic E-state index is 0.0648. The van der Waals surface area contributed by atoms with E-state index >= 15 is 0 Å². The number of likely N-dealkylation sites (tertiary alicyclic amines) is 1. The van der Waals surface area contributed by atoms with Gasteiger partial charge in [-0.15, -0.1) is 0 Å². The molecule has 0 saturated carbocycles. The van der Waals surface area contributed by atoms with Crippen LogP contribution in [0.25, 0.3) is 22.2 Å². The molecule has 0 atom stereocenters. The zero-order chi connectivity index (χ0) is 21.9. The van der Waals surface area contributed by atoms with Gasteiger partial charge in [0.25, 0.3) is 5.91 Å². The fraction of sp³-hybridized carbons (Fsp3) is 0.214. The maximum Gasteiger partial charge on any atom is 0.254 e. The first kappa shape index (κ1) is 20.7. The number of fused-ring (bicyclic) bond motifs is 1. The van der Waals surface area contributed by atoms with Gasteiger partial charge in [0.05, 0.1) is 16.8 Å². The van der Waals surface area contributed by atoms with E-state index in [4.69, 9.17) is 16.6 Å². The Hall–Kier alpha value is -3.17. The Balaban J connectivity index is 1.41. The van der Waals surface area contributed by atoms with Gasteiger partial charge in [0.1, 0.15) is 0 Å². The van der Waals surface area contributed by atoms with E-state index in [1.165, 1.54) is 5.56 Å². The third-order valence-electron chi connectivity index (χ3n) is 6.34. The van der Waals surface area contributed by atoms with Gasteiger partial charge in [-0.2, -0.15) is 0 Å². The van der Waals surface area contributed by atoms with Crippen molar-refractivity contribution < 1.29 is 4.79 Å². The first-order valence-electron chi connectivity index (χ1n) is 11.2. The highest BCUT2D eigenvalue weighted by Gasteiger charge is 2.25. The van der Waals surface area contributed by atoms with Crippen molar-refractivity contribution in [2.45, 2.75) is 19.3 Å². The standard InChI is InChI=1S/C28H25ClN2O/c29-23-11-12-26-24(18-23)25(19-27(30-26)22-9-5-2-6-10-22)28(32)31-15-13-21(14-16-31)17-20-7-3-1-4-8-20/h1-12,18-19,21H,13-17H2. The molecule has 1 aliphatic heterocycles. The molecular formula is C28H25ClN2O. The maximum atomic E-state index is 13.6. The first-order chi connectivity index (χ1) is 15.7. The van der Waals surface area contributed by atoms with Crippen molar-refractivity contribution in [2.75, 3.05) is 13.1 Å². The van der Waals surface area contributed by atoms with Crippen molar-refractivity contribution in [2.24, 2.45) is 5.92 Å². The average Bonchev–Trinajstić information content (AvgIpc) is 2.85. The molecule has 1 aliphatic rings. The molecule has 3 nitrogen and oxygen atoms in total. The van der Waals surface area contributed by atoms with Crippen LogP contribution in [0.5, 0.6) is 0 Å². The molecule has 0 N–H and O–H groups in total. The number of benzene rings is 3. The summed E-state index contributed by atoms with van der Waals surface area (Å²) >= 11 is 6.28. The van der Waals surface area contributed by atoms with E-state index in [0.29, 0.717) is 16.5 Å². The number of piperidine rings is 1. The summed E-state index contributed by atoms with van der Waals surface area (Å²) in [6, 6.07) is 28.1. The van der Waals surface area contributed by atoms with Gasteiger partial charge in [0.2, 0.25) is 0 Å². The number of rotatable bonds is 4. The second kappa shape index (κ2) is 9.13. The van der Waals surface area contributed by atoms with E-state index in [0.717, 1.165) is 54.5 Å². The molecule has 3 aromatic carbocycles. The van der Waals surface area contributed by atoms with E-state index in [-0.39, 0.29) is 5.91 Å². The molecule has 0 spiro atoms. The molecule has 160 valence electrons. The highest BCUT2D eigenvalue weighted by Crippen LogP contribution is 2.29. The van der Waals surface area contributed by atoms with Crippen LogP contribution in [0.1, 0.15) is 28.8 Å². The zero-order valence-electron chi connectivity index (χ0n) is 17.9. The number of aromatic nitrogens is 1. The first-order valence-corrected chi connectivity index (χ1v) is 11.5. The third-order valence-corrected chi connectivity index (χ3v) is 6.57. The molecule has 1 fully saturated rings. The Labute approximate surface area is 193 Å². The Morgan fingerprint density at radius 3 is 2.31 bits per heavy atom. The van der Waals surface area contributed by atoms with Gasteiger partial charge in [0, 0.05) is 29.1 Å². The smallest absolute Gasteiger partial charge is 0.254 e. The van der Waals surface area contributed by atoms with Crippen LogP contribution in [0.4, 0.5) is 0 Å². The predicted molar refractivity (Wildman–Crippen MR) is 131 cm³/mol. The quantitative estimate of drug-likeness (QED) is 0.356. The molecule has 1 saturated heterocycles. The van der Waals surface area contributed by atoms with E-state index in [2.05, 4.69) is 30.3 Å². The van der Waals surface area contributed by atoms with Crippen LogP contribution in [0, 0.1) is 5.92 Å². The van der Waals surface area contributed by atoms with Gasteiger partial charge >= 0.3 is 0 Å². The zero-order valence-corrected chi connectivity index (χ0v) is 18.6. The molecule has 0 aliphatic carbocycles. The summed E-state index contributed by atoms with van der Waals surface area (Å²) in [5.74, 6) is 0.681. The number of pyridine rings is 1. The fourth-order valence-corrected chi connectivity index (χ4v) is 4.76.